The monoisotopic (exact) mass is 338 g/mol. The number of aryl methyl sites for hydroxylation is 2. The Hall–Kier alpha value is -1.70. The van der Waals surface area contributed by atoms with Gasteiger partial charge >= 0.3 is 0 Å². The predicted octanol–water partition coefficient (Wildman–Crippen LogP) is 2.70. The van der Waals surface area contributed by atoms with Crippen LogP contribution in [-0.2, 0) is 10.3 Å². The number of rotatable bonds is 6. The average Bonchev–Trinajstić information content (AvgIpc) is 3.10. The van der Waals surface area contributed by atoms with Gasteiger partial charge in [-0.05, 0) is 39.8 Å². The van der Waals surface area contributed by atoms with E-state index in [0.717, 1.165) is 5.01 Å². The summed E-state index contributed by atoms with van der Waals surface area (Å²) in [5, 5.41) is 13.9. The molecule has 2 rings (SSSR count). The van der Waals surface area contributed by atoms with E-state index in [1.165, 1.54) is 11.3 Å². The number of carbonyl (C=O) groups excluding carboxylic acids is 1. The van der Waals surface area contributed by atoms with Crippen molar-refractivity contribution in [1.29, 1.82) is 0 Å². The molecule has 23 heavy (non-hydrogen) atoms. The molecular weight excluding hydrogens is 316 g/mol. The summed E-state index contributed by atoms with van der Waals surface area (Å²) in [4.78, 5) is 17.2. The minimum absolute atomic E-state index is 0.0469. The lowest BCUT2D eigenvalue weighted by Gasteiger charge is -2.21. The Labute approximate surface area is 139 Å². The zero-order valence-electron chi connectivity index (χ0n) is 14.0. The van der Waals surface area contributed by atoms with E-state index in [1.54, 1.807) is 40.0 Å². The lowest BCUT2D eigenvalue weighted by Crippen LogP contribution is -2.38. The molecule has 2 unspecified atom stereocenters. The molecule has 0 fully saturated rings. The van der Waals surface area contributed by atoms with Crippen molar-refractivity contribution in [2.45, 2.75) is 39.4 Å². The summed E-state index contributed by atoms with van der Waals surface area (Å²) in [6.07, 6.45) is -0.158. The molecule has 0 aliphatic carbocycles. The van der Waals surface area contributed by atoms with Crippen LogP contribution >= 0.6 is 11.3 Å². The third-order valence-corrected chi connectivity index (χ3v) is 4.90. The highest BCUT2D eigenvalue weighted by Gasteiger charge is 2.28. The molecule has 0 aliphatic heterocycles. The molecule has 0 bridgehead atoms. The van der Waals surface area contributed by atoms with Gasteiger partial charge in [0.1, 0.15) is 33.1 Å². The van der Waals surface area contributed by atoms with E-state index < -0.39 is 5.60 Å². The van der Waals surface area contributed by atoms with Gasteiger partial charge in [0.05, 0.1) is 12.2 Å². The van der Waals surface area contributed by atoms with E-state index in [1.807, 2.05) is 6.92 Å². The molecule has 0 aliphatic rings. The zero-order valence-corrected chi connectivity index (χ0v) is 14.8. The van der Waals surface area contributed by atoms with Gasteiger partial charge in [-0.25, -0.2) is 4.98 Å². The number of amides is 1. The van der Waals surface area contributed by atoms with Gasteiger partial charge in [0.2, 0.25) is 0 Å². The van der Waals surface area contributed by atoms with Crippen LogP contribution in [-0.4, -0.2) is 29.7 Å². The maximum absolute atomic E-state index is 12.3. The molecule has 1 amide bonds. The molecule has 6 nitrogen and oxygen atoms in total. The maximum atomic E-state index is 12.3. The fraction of sp³-hybridized carbons (Fsp3) is 0.500. The van der Waals surface area contributed by atoms with Crippen LogP contribution in [0.2, 0.25) is 0 Å². The van der Waals surface area contributed by atoms with Crippen molar-refractivity contribution >= 4 is 17.2 Å². The molecule has 0 spiro atoms. The first-order valence-electron chi connectivity index (χ1n) is 7.32. The Bertz CT molecular complexity index is 690. The van der Waals surface area contributed by atoms with E-state index in [-0.39, 0.29) is 18.6 Å². The van der Waals surface area contributed by atoms with E-state index in [2.05, 4.69) is 10.3 Å². The summed E-state index contributed by atoms with van der Waals surface area (Å²) in [6, 6.07) is 3.48. The van der Waals surface area contributed by atoms with Crippen LogP contribution in [0.4, 0.5) is 0 Å². The van der Waals surface area contributed by atoms with Gasteiger partial charge in [0, 0.05) is 7.11 Å². The Kier molecular flexibility index (Phi) is 5.23. The second-order valence-electron chi connectivity index (χ2n) is 5.71. The molecule has 0 aromatic carbocycles. The Morgan fingerprint density at radius 2 is 2.22 bits per heavy atom. The largest absolute Gasteiger partial charge is 0.463 e. The normalized spacial score (nSPS) is 15.2. The molecule has 0 saturated heterocycles. The number of thiazole rings is 1. The molecule has 0 radical (unpaired) electrons. The number of carbonyl (C=O) groups is 1. The first kappa shape index (κ1) is 17.7. The summed E-state index contributed by atoms with van der Waals surface area (Å²) >= 11 is 1.30. The summed E-state index contributed by atoms with van der Waals surface area (Å²) in [5.41, 5.74) is -0.620. The minimum atomic E-state index is -1.27. The quantitative estimate of drug-likeness (QED) is 0.846. The van der Waals surface area contributed by atoms with Crippen LogP contribution in [0.5, 0.6) is 0 Å². The first-order chi connectivity index (χ1) is 10.7. The highest BCUT2D eigenvalue weighted by molar-refractivity contribution is 7.13. The van der Waals surface area contributed by atoms with Crippen LogP contribution in [0.15, 0.2) is 16.5 Å². The van der Waals surface area contributed by atoms with E-state index >= 15 is 0 Å². The highest BCUT2D eigenvalue weighted by Crippen LogP contribution is 2.26. The SMILES string of the molecule is COC(C)c1nc(C)c(C(=O)NCC(C)(O)c2ccc(C)o2)s1. The lowest BCUT2D eigenvalue weighted by molar-refractivity contribution is 0.0324. The van der Waals surface area contributed by atoms with E-state index in [0.29, 0.717) is 22.1 Å². The number of methoxy groups -OCH3 is 1. The smallest absolute Gasteiger partial charge is 0.263 e. The molecule has 2 aromatic rings. The van der Waals surface area contributed by atoms with Gasteiger partial charge < -0.3 is 19.6 Å². The zero-order chi connectivity index (χ0) is 17.2. The lowest BCUT2D eigenvalue weighted by atomic mass is 10.0. The summed E-state index contributed by atoms with van der Waals surface area (Å²) in [5.74, 6) is 0.867. The van der Waals surface area contributed by atoms with Crippen LogP contribution in [0.3, 0.4) is 0 Å². The summed E-state index contributed by atoms with van der Waals surface area (Å²) in [6.45, 7) is 7.11. The standard InChI is InChI=1S/C16H22N2O4S/c1-9-6-7-12(22-9)16(4,20)8-17-14(19)13-10(2)18-15(23-13)11(3)21-5/h6-7,11,20H,8H2,1-5H3,(H,17,19). The number of hydrogen-bond acceptors (Lipinski definition) is 6. The number of aliphatic hydroxyl groups is 1. The number of furan rings is 1. The molecular formula is C16H22N2O4S. The van der Waals surface area contributed by atoms with Crippen LogP contribution in [0.25, 0.3) is 0 Å². The Balaban J connectivity index is 2.06. The first-order valence-corrected chi connectivity index (χ1v) is 8.14. The van der Waals surface area contributed by atoms with Crippen molar-refractivity contribution in [3.8, 4) is 0 Å². The van der Waals surface area contributed by atoms with Gasteiger partial charge in [-0.2, -0.15) is 0 Å². The van der Waals surface area contributed by atoms with E-state index in [9.17, 15) is 9.90 Å². The Morgan fingerprint density at radius 3 is 2.78 bits per heavy atom. The predicted molar refractivity (Wildman–Crippen MR) is 87.6 cm³/mol. The second kappa shape index (κ2) is 6.82. The summed E-state index contributed by atoms with van der Waals surface area (Å²) < 4.78 is 10.7. The van der Waals surface area contributed by atoms with Crippen LogP contribution < -0.4 is 5.32 Å². The maximum Gasteiger partial charge on any atom is 0.263 e. The van der Waals surface area contributed by atoms with Crippen LogP contribution in [0, 0.1) is 13.8 Å². The third kappa shape index (κ3) is 3.99. The molecule has 7 heteroatoms. The highest BCUT2D eigenvalue weighted by atomic mass is 32.1. The minimum Gasteiger partial charge on any atom is -0.463 e. The number of hydrogen-bond donors (Lipinski definition) is 2. The Morgan fingerprint density at radius 1 is 1.52 bits per heavy atom. The van der Waals surface area contributed by atoms with Crippen LogP contribution in [0.1, 0.15) is 51.8 Å². The number of nitrogens with one attached hydrogen (secondary N) is 1. The van der Waals surface area contributed by atoms with Crippen molar-refractivity contribution in [3.05, 3.63) is 39.2 Å². The molecule has 2 N–H and O–H groups in total. The van der Waals surface area contributed by atoms with Crippen molar-refractivity contribution in [2.24, 2.45) is 0 Å². The summed E-state index contributed by atoms with van der Waals surface area (Å²) in [7, 11) is 1.60. The molecule has 126 valence electrons. The van der Waals surface area contributed by atoms with Crippen molar-refractivity contribution in [2.75, 3.05) is 13.7 Å². The molecule has 2 heterocycles. The van der Waals surface area contributed by atoms with Gasteiger partial charge in [0.25, 0.3) is 5.91 Å². The average molecular weight is 338 g/mol. The fourth-order valence-electron chi connectivity index (χ4n) is 2.05. The van der Waals surface area contributed by atoms with Crippen molar-refractivity contribution in [3.63, 3.8) is 0 Å². The molecule has 2 aromatic heterocycles. The van der Waals surface area contributed by atoms with Gasteiger partial charge in [0.15, 0.2) is 0 Å². The number of ether oxygens (including phenoxy) is 1. The molecule has 2 atom stereocenters. The van der Waals surface area contributed by atoms with Gasteiger partial charge in [-0.1, -0.05) is 0 Å². The van der Waals surface area contributed by atoms with Gasteiger partial charge in [-0.15, -0.1) is 11.3 Å². The third-order valence-electron chi connectivity index (χ3n) is 3.59. The van der Waals surface area contributed by atoms with Gasteiger partial charge in [-0.3, -0.25) is 4.79 Å². The van der Waals surface area contributed by atoms with Crippen molar-refractivity contribution in [1.82, 2.24) is 10.3 Å². The van der Waals surface area contributed by atoms with E-state index in [4.69, 9.17) is 9.15 Å². The second-order valence-corrected chi connectivity index (χ2v) is 6.74. The van der Waals surface area contributed by atoms with Crippen molar-refractivity contribution < 1.29 is 19.1 Å². The number of aromatic nitrogens is 1. The number of nitrogens with zero attached hydrogens (tertiary/aromatic N) is 1. The fourth-order valence-corrected chi connectivity index (χ4v) is 3.06. The molecule has 0 saturated carbocycles. The topological polar surface area (TPSA) is 84.6 Å².